The molecule has 2 heterocycles. The summed E-state index contributed by atoms with van der Waals surface area (Å²) in [5.41, 5.74) is -0.0832. The summed E-state index contributed by atoms with van der Waals surface area (Å²) in [4.78, 5) is 26.5. The maximum Gasteiger partial charge on any atom is 0.325 e. The minimum absolute atomic E-state index is 0.199. The number of carbonyl (C=O) groups is 2. The zero-order valence-corrected chi connectivity index (χ0v) is 15.6. The Kier molecular flexibility index (Phi) is 4.81. The number of fused-ring (bicyclic) bond motifs is 1. The van der Waals surface area contributed by atoms with E-state index >= 15 is 0 Å². The number of hydrogen-bond acceptors (Lipinski definition) is 5. The third-order valence-electron chi connectivity index (χ3n) is 4.88. The summed E-state index contributed by atoms with van der Waals surface area (Å²) < 4.78 is 16.3. The van der Waals surface area contributed by atoms with Crippen molar-refractivity contribution in [1.82, 2.24) is 10.2 Å². The van der Waals surface area contributed by atoms with Crippen LogP contribution in [0.25, 0.3) is 0 Å². The highest BCUT2D eigenvalue weighted by molar-refractivity contribution is 6.06. The van der Waals surface area contributed by atoms with Gasteiger partial charge in [0.1, 0.15) is 11.3 Å². The molecule has 2 aromatic rings. The van der Waals surface area contributed by atoms with E-state index in [-0.39, 0.29) is 18.7 Å². The molecule has 0 bridgehead atoms. The molecule has 1 atom stereocenters. The maximum atomic E-state index is 12.9. The Morgan fingerprint density at radius 2 is 1.89 bits per heavy atom. The van der Waals surface area contributed by atoms with Gasteiger partial charge in [0.05, 0.1) is 6.61 Å². The van der Waals surface area contributed by atoms with Gasteiger partial charge in [-0.3, -0.25) is 9.69 Å². The van der Waals surface area contributed by atoms with Crippen LogP contribution >= 0.6 is 0 Å². The van der Waals surface area contributed by atoms with E-state index in [0.29, 0.717) is 37.5 Å². The van der Waals surface area contributed by atoms with Crippen LogP contribution in [0.3, 0.4) is 0 Å². The van der Waals surface area contributed by atoms with Crippen LogP contribution in [0.4, 0.5) is 4.79 Å². The monoisotopic (exact) mass is 382 g/mol. The van der Waals surface area contributed by atoms with Crippen molar-refractivity contribution in [3.8, 4) is 17.2 Å². The molecule has 28 heavy (non-hydrogen) atoms. The van der Waals surface area contributed by atoms with Crippen molar-refractivity contribution in [2.75, 3.05) is 19.9 Å². The molecule has 3 amide bonds. The van der Waals surface area contributed by atoms with Crippen LogP contribution in [0.1, 0.15) is 18.9 Å². The van der Waals surface area contributed by atoms with E-state index in [2.05, 4.69) is 5.32 Å². The van der Waals surface area contributed by atoms with E-state index in [1.54, 1.807) is 6.92 Å². The predicted octanol–water partition coefficient (Wildman–Crippen LogP) is 2.74. The van der Waals surface area contributed by atoms with Gasteiger partial charge in [-0.2, -0.15) is 0 Å². The number of ether oxygens (including phenoxy) is 3. The van der Waals surface area contributed by atoms with Crippen molar-refractivity contribution < 1.29 is 23.8 Å². The number of amides is 3. The number of hydrogen-bond donors (Lipinski definition) is 1. The lowest BCUT2D eigenvalue weighted by molar-refractivity contribution is -0.130. The average Bonchev–Trinajstić information content (AvgIpc) is 3.23. The second kappa shape index (κ2) is 7.42. The second-order valence-electron chi connectivity index (χ2n) is 7.10. The molecule has 1 fully saturated rings. The van der Waals surface area contributed by atoms with Crippen molar-refractivity contribution in [3.05, 3.63) is 54.1 Å². The number of para-hydroxylation sites is 1. The molecule has 7 heteroatoms. The van der Waals surface area contributed by atoms with Crippen LogP contribution in [-0.2, 0) is 11.2 Å². The van der Waals surface area contributed by atoms with E-state index in [1.807, 2.05) is 48.5 Å². The summed E-state index contributed by atoms with van der Waals surface area (Å²) in [6, 6.07) is 14.6. The quantitative estimate of drug-likeness (QED) is 0.589. The first-order valence-electron chi connectivity index (χ1n) is 9.26. The molecule has 0 saturated carbocycles. The first-order valence-corrected chi connectivity index (χ1v) is 9.26. The Bertz CT molecular complexity index is 886. The Morgan fingerprint density at radius 1 is 1.11 bits per heavy atom. The second-order valence-corrected chi connectivity index (χ2v) is 7.10. The maximum absolute atomic E-state index is 12.9. The molecular weight excluding hydrogens is 360 g/mol. The van der Waals surface area contributed by atoms with Crippen LogP contribution < -0.4 is 19.5 Å². The normalized spacial score (nSPS) is 20.4. The Morgan fingerprint density at radius 3 is 2.71 bits per heavy atom. The Hall–Kier alpha value is -3.22. The fraction of sp³-hybridized carbons (Fsp3) is 0.333. The molecule has 2 aromatic carbocycles. The number of nitrogens with zero attached hydrogens (tertiary/aromatic N) is 1. The van der Waals surface area contributed by atoms with Crippen LogP contribution in [0, 0.1) is 0 Å². The summed E-state index contributed by atoms with van der Waals surface area (Å²) in [6.45, 7) is 2.69. The van der Waals surface area contributed by atoms with Gasteiger partial charge in [-0.1, -0.05) is 24.3 Å². The molecule has 7 nitrogen and oxygen atoms in total. The Labute approximate surface area is 163 Å². The summed E-state index contributed by atoms with van der Waals surface area (Å²) in [5.74, 6) is 1.89. The lowest BCUT2D eigenvalue weighted by Gasteiger charge is -2.22. The van der Waals surface area contributed by atoms with E-state index in [9.17, 15) is 9.59 Å². The van der Waals surface area contributed by atoms with E-state index in [1.165, 1.54) is 4.90 Å². The summed E-state index contributed by atoms with van der Waals surface area (Å²) >= 11 is 0. The van der Waals surface area contributed by atoms with Gasteiger partial charge in [0.15, 0.2) is 11.5 Å². The molecule has 0 unspecified atom stereocenters. The fourth-order valence-corrected chi connectivity index (χ4v) is 3.46. The molecule has 4 rings (SSSR count). The highest BCUT2D eigenvalue weighted by atomic mass is 16.7. The average molecular weight is 382 g/mol. The molecule has 0 aromatic heterocycles. The molecule has 0 aliphatic carbocycles. The lowest BCUT2D eigenvalue weighted by Crippen LogP contribution is -2.46. The van der Waals surface area contributed by atoms with Crippen LogP contribution in [0.15, 0.2) is 48.5 Å². The summed E-state index contributed by atoms with van der Waals surface area (Å²) in [7, 11) is 0. The van der Waals surface area contributed by atoms with Gasteiger partial charge in [0, 0.05) is 13.0 Å². The number of carbonyl (C=O) groups excluding carboxylic acids is 2. The first kappa shape index (κ1) is 18.2. The summed E-state index contributed by atoms with van der Waals surface area (Å²) in [5, 5.41) is 2.83. The zero-order chi connectivity index (χ0) is 19.6. The van der Waals surface area contributed by atoms with E-state index in [0.717, 1.165) is 11.3 Å². The molecule has 1 saturated heterocycles. The van der Waals surface area contributed by atoms with Crippen LogP contribution in [0.2, 0.25) is 0 Å². The van der Waals surface area contributed by atoms with Crippen molar-refractivity contribution in [3.63, 3.8) is 0 Å². The third-order valence-corrected chi connectivity index (χ3v) is 4.88. The smallest absolute Gasteiger partial charge is 0.325 e. The molecular formula is C21H22N2O5. The van der Waals surface area contributed by atoms with Gasteiger partial charge in [0.2, 0.25) is 6.79 Å². The number of rotatable bonds is 7. The van der Waals surface area contributed by atoms with Gasteiger partial charge in [-0.25, -0.2) is 4.79 Å². The van der Waals surface area contributed by atoms with Crippen molar-refractivity contribution in [2.45, 2.75) is 25.3 Å². The number of imide groups is 1. The van der Waals surface area contributed by atoms with Crippen molar-refractivity contribution in [1.29, 1.82) is 0 Å². The molecule has 146 valence electrons. The third kappa shape index (κ3) is 3.60. The number of urea groups is 1. The first-order chi connectivity index (χ1) is 13.5. The van der Waals surface area contributed by atoms with Gasteiger partial charge >= 0.3 is 6.03 Å². The van der Waals surface area contributed by atoms with E-state index in [4.69, 9.17) is 14.2 Å². The zero-order valence-electron chi connectivity index (χ0n) is 15.6. The molecule has 0 radical (unpaired) electrons. The standard InChI is InChI=1S/C21H22N2O5/c1-21(13-15-8-9-17-18(12-15)28-14-27-17)19(24)23(20(25)22-21)10-5-11-26-16-6-3-2-4-7-16/h2-4,6-9,12H,5,10-11,13-14H2,1H3,(H,22,25)/t21-/m0/s1. The lowest BCUT2D eigenvalue weighted by atomic mass is 9.92. The molecule has 1 N–H and O–H groups in total. The topological polar surface area (TPSA) is 77.1 Å². The molecule has 2 aliphatic heterocycles. The SMILES string of the molecule is C[C@@]1(Cc2ccc3c(c2)OCO3)NC(=O)N(CCCOc2ccccc2)C1=O. The van der Waals surface area contributed by atoms with Gasteiger partial charge in [-0.15, -0.1) is 0 Å². The predicted molar refractivity (Wildman–Crippen MR) is 101 cm³/mol. The van der Waals surface area contributed by atoms with Gasteiger partial charge in [0.25, 0.3) is 5.91 Å². The highest BCUT2D eigenvalue weighted by Crippen LogP contribution is 2.34. The Balaban J connectivity index is 1.34. The largest absolute Gasteiger partial charge is 0.494 e. The van der Waals surface area contributed by atoms with Crippen molar-refractivity contribution >= 4 is 11.9 Å². The van der Waals surface area contributed by atoms with Gasteiger partial charge in [-0.05, 0) is 43.2 Å². The number of nitrogens with one attached hydrogen (secondary N) is 1. The van der Waals surface area contributed by atoms with Crippen LogP contribution in [-0.4, -0.2) is 42.3 Å². The number of benzene rings is 2. The fourth-order valence-electron chi connectivity index (χ4n) is 3.46. The minimum atomic E-state index is -0.981. The molecule has 0 spiro atoms. The van der Waals surface area contributed by atoms with Gasteiger partial charge < -0.3 is 19.5 Å². The minimum Gasteiger partial charge on any atom is -0.494 e. The van der Waals surface area contributed by atoms with Crippen molar-refractivity contribution in [2.24, 2.45) is 0 Å². The van der Waals surface area contributed by atoms with Crippen LogP contribution in [0.5, 0.6) is 17.2 Å². The summed E-state index contributed by atoms with van der Waals surface area (Å²) in [6.07, 6.45) is 0.944. The van der Waals surface area contributed by atoms with E-state index < -0.39 is 5.54 Å². The molecule has 2 aliphatic rings. The highest BCUT2D eigenvalue weighted by Gasteiger charge is 2.47.